The zero-order valence-electron chi connectivity index (χ0n) is 32.0. The number of carbonyl (C=O) groups excluding carboxylic acids is 1. The molecule has 1 aliphatic carbocycles. The predicted molar refractivity (Wildman–Crippen MR) is 198 cm³/mol. The number of aromatic hydroxyl groups is 1. The van der Waals surface area contributed by atoms with Gasteiger partial charge >= 0.3 is 5.97 Å². The quantitative estimate of drug-likeness (QED) is 0.142. The van der Waals surface area contributed by atoms with E-state index >= 15 is 0 Å². The van der Waals surface area contributed by atoms with Crippen molar-refractivity contribution >= 4 is 29.5 Å². The van der Waals surface area contributed by atoms with Crippen molar-refractivity contribution in [2.24, 2.45) is 16.2 Å². The van der Waals surface area contributed by atoms with Gasteiger partial charge in [-0.05, 0) is 72.1 Å². The number of methoxy groups -OCH3 is 2. The Morgan fingerprint density at radius 2 is 1.39 bits per heavy atom. The molecule has 0 heterocycles. The van der Waals surface area contributed by atoms with Crippen molar-refractivity contribution < 1.29 is 24.1 Å². The molecule has 2 rings (SSSR count). The van der Waals surface area contributed by atoms with Crippen LogP contribution in [-0.2, 0) is 29.8 Å². The zero-order valence-corrected chi connectivity index (χ0v) is 33.6. The first kappa shape index (κ1) is 40.8. The van der Waals surface area contributed by atoms with Crippen LogP contribution in [0.4, 0.5) is 0 Å². The zero-order chi connectivity index (χ0) is 35.7. The normalized spacial score (nSPS) is 20.7. The number of carbonyl (C=O) groups is 1. The number of hydrogen-bond donors (Lipinski definition) is 1. The lowest BCUT2D eigenvalue weighted by Crippen LogP contribution is -2.49. The van der Waals surface area contributed by atoms with Crippen LogP contribution in [0.1, 0.15) is 134 Å². The monoisotopic (exact) mass is 676 g/mol. The Morgan fingerprint density at radius 1 is 0.870 bits per heavy atom. The van der Waals surface area contributed by atoms with E-state index in [2.05, 4.69) is 128 Å². The summed E-state index contributed by atoms with van der Waals surface area (Å²) < 4.78 is 17.4. The number of rotatable bonds is 11. The molecule has 1 aromatic carbocycles. The number of allylic oxidation sites excluding steroid dienone is 1. The van der Waals surface area contributed by atoms with E-state index in [0.717, 1.165) is 16.0 Å². The second kappa shape index (κ2) is 14.6. The van der Waals surface area contributed by atoms with Gasteiger partial charge in [-0.25, -0.2) is 0 Å². The van der Waals surface area contributed by atoms with Gasteiger partial charge in [0.15, 0.2) is 6.29 Å². The summed E-state index contributed by atoms with van der Waals surface area (Å²) in [4.78, 5) is 14.1. The largest absolute Gasteiger partial charge is 0.507 e. The third-order valence-corrected chi connectivity index (χ3v) is 11.5. The maximum absolute atomic E-state index is 11.8. The fraction of sp³-hybridized carbons (Fsp3) is 0.718. The lowest BCUT2D eigenvalue weighted by molar-refractivity contribution is -0.186. The van der Waals surface area contributed by atoms with Gasteiger partial charge < -0.3 is 19.3 Å². The van der Waals surface area contributed by atoms with Crippen LogP contribution in [0.5, 0.6) is 5.75 Å². The van der Waals surface area contributed by atoms with E-state index in [1.165, 1.54) is 17.6 Å². The Labute approximate surface area is 290 Å². The van der Waals surface area contributed by atoms with Gasteiger partial charge in [0.05, 0.1) is 17.3 Å². The smallest absolute Gasteiger partial charge is 0.305 e. The SMILES string of the molecule is COC(=O)CCCC(OC)OC1C(C(C)(C)C)=CC(SC(C)(C)Sc2cc(C(C)(C)C)c(O)c(C(C)(C)C)c2)=CC1(C)C(C)(C)C. The van der Waals surface area contributed by atoms with Crippen molar-refractivity contribution in [2.45, 2.75) is 155 Å². The molecule has 0 saturated heterocycles. The van der Waals surface area contributed by atoms with Crippen molar-refractivity contribution in [3.05, 3.63) is 45.9 Å². The maximum Gasteiger partial charge on any atom is 0.305 e. The summed E-state index contributed by atoms with van der Waals surface area (Å²) in [6, 6.07) is 4.36. The van der Waals surface area contributed by atoms with Crippen LogP contribution in [0, 0.1) is 16.2 Å². The molecule has 0 saturated carbocycles. The van der Waals surface area contributed by atoms with Gasteiger partial charge in [0, 0.05) is 39.9 Å². The Kier molecular flexibility index (Phi) is 12.9. The summed E-state index contributed by atoms with van der Waals surface area (Å²) in [6.07, 6.45) is 5.67. The fourth-order valence-electron chi connectivity index (χ4n) is 5.77. The van der Waals surface area contributed by atoms with Crippen molar-refractivity contribution in [1.82, 2.24) is 0 Å². The Balaban J connectivity index is 2.56. The third-order valence-electron chi connectivity index (χ3n) is 9.07. The maximum atomic E-state index is 11.8. The second-order valence-corrected chi connectivity index (χ2v) is 21.2. The average Bonchev–Trinajstić information content (AvgIpc) is 2.86. The first-order valence-electron chi connectivity index (χ1n) is 16.6. The van der Waals surface area contributed by atoms with E-state index in [0.29, 0.717) is 25.0 Å². The number of phenols is 1. The number of hydrogen-bond acceptors (Lipinski definition) is 7. The molecule has 7 heteroatoms. The molecule has 3 unspecified atom stereocenters. The van der Waals surface area contributed by atoms with E-state index in [9.17, 15) is 9.90 Å². The van der Waals surface area contributed by atoms with Crippen LogP contribution in [0.15, 0.2) is 39.7 Å². The van der Waals surface area contributed by atoms with Gasteiger partial charge in [0.25, 0.3) is 0 Å². The topological polar surface area (TPSA) is 65.0 Å². The van der Waals surface area contributed by atoms with E-state index in [4.69, 9.17) is 14.2 Å². The molecule has 46 heavy (non-hydrogen) atoms. The average molecular weight is 677 g/mol. The minimum absolute atomic E-state index is 0.129. The van der Waals surface area contributed by atoms with E-state index < -0.39 is 6.29 Å². The molecule has 0 aliphatic heterocycles. The molecule has 0 amide bonds. The number of benzene rings is 1. The van der Waals surface area contributed by atoms with Gasteiger partial charge in [0.2, 0.25) is 0 Å². The van der Waals surface area contributed by atoms with Gasteiger partial charge in [-0.3, -0.25) is 4.79 Å². The molecule has 0 fully saturated rings. The highest BCUT2D eigenvalue weighted by Gasteiger charge is 2.50. The molecule has 1 aromatic rings. The molecule has 5 nitrogen and oxygen atoms in total. The highest BCUT2D eigenvalue weighted by Crippen LogP contribution is 2.56. The summed E-state index contributed by atoms with van der Waals surface area (Å²) in [5.74, 6) is 0.193. The van der Waals surface area contributed by atoms with E-state index in [-0.39, 0.29) is 43.2 Å². The van der Waals surface area contributed by atoms with Crippen LogP contribution in [-0.4, -0.2) is 41.8 Å². The highest BCUT2D eigenvalue weighted by molar-refractivity contribution is 8.20. The molecular weight excluding hydrogens is 613 g/mol. The molecule has 3 atom stereocenters. The highest BCUT2D eigenvalue weighted by atomic mass is 32.2. The fourth-order valence-corrected chi connectivity index (χ4v) is 8.49. The van der Waals surface area contributed by atoms with Crippen LogP contribution in [0.3, 0.4) is 0 Å². The van der Waals surface area contributed by atoms with E-state index in [1.54, 1.807) is 7.11 Å². The Morgan fingerprint density at radius 3 is 1.80 bits per heavy atom. The van der Waals surface area contributed by atoms with Gasteiger partial charge in [-0.1, -0.05) is 96.1 Å². The van der Waals surface area contributed by atoms with E-state index in [1.807, 2.05) is 23.5 Å². The van der Waals surface area contributed by atoms with Crippen LogP contribution < -0.4 is 0 Å². The van der Waals surface area contributed by atoms with Gasteiger partial charge in [-0.15, -0.1) is 23.5 Å². The molecule has 0 bridgehead atoms. The minimum atomic E-state index is -0.444. The number of phenolic OH excluding ortho intramolecular Hbond substituents is 1. The molecule has 0 radical (unpaired) electrons. The summed E-state index contributed by atoms with van der Waals surface area (Å²) in [5.41, 5.74) is 2.21. The van der Waals surface area contributed by atoms with Crippen LogP contribution in [0.25, 0.3) is 0 Å². The van der Waals surface area contributed by atoms with Gasteiger partial charge in [0.1, 0.15) is 5.75 Å². The number of thioether (sulfide) groups is 2. The first-order chi connectivity index (χ1) is 20.7. The van der Waals surface area contributed by atoms with Crippen LogP contribution >= 0.6 is 23.5 Å². The van der Waals surface area contributed by atoms with Crippen molar-refractivity contribution in [3.63, 3.8) is 0 Å². The molecule has 1 aliphatic rings. The molecule has 1 N–H and O–H groups in total. The van der Waals surface area contributed by atoms with Crippen molar-refractivity contribution in [1.29, 1.82) is 0 Å². The molecule has 0 aromatic heterocycles. The van der Waals surface area contributed by atoms with Crippen molar-refractivity contribution in [2.75, 3.05) is 14.2 Å². The molecular formula is C39H64O5S2. The summed E-state index contributed by atoms with van der Waals surface area (Å²) in [6.45, 7) is 33.4. The summed E-state index contributed by atoms with van der Waals surface area (Å²) in [7, 11) is 3.10. The molecule has 0 spiro atoms. The van der Waals surface area contributed by atoms with Crippen molar-refractivity contribution in [3.8, 4) is 5.75 Å². The van der Waals surface area contributed by atoms with Gasteiger partial charge in [-0.2, -0.15) is 0 Å². The second-order valence-electron chi connectivity index (χ2n) is 17.5. The standard InChI is InChI=1S/C39H64O5S2/c1-34(2,3)27-21-25(22-28(32(27)41)35(4,5)6)45-38(13,14)46-26-23-29(36(7,8)9)33(39(15,24-26)37(10,11)12)44-31(43-17)20-18-19-30(40)42-16/h21-24,31,33,41H,18-20H2,1-17H3. The predicted octanol–water partition coefficient (Wildman–Crippen LogP) is 11.2. The third kappa shape index (κ3) is 10.3. The minimum Gasteiger partial charge on any atom is -0.507 e. The number of esters is 1. The Bertz CT molecular complexity index is 1250. The lowest BCUT2D eigenvalue weighted by Gasteiger charge is -2.51. The molecule has 262 valence electrons. The lowest BCUT2D eigenvalue weighted by atomic mass is 9.59. The summed E-state index contributed by atoms with van der Waals surface area (Å²) >= 11 is 3.73. The first-order valence-corrected chi connectivity index (χ1v) is 18.3. The summed E-state index contributed by atoms with van der Waals surface area (Å²) in [5, 5.41) is 11.3. The Hall–Kier alpha value is -1.41. The number of ether oxygens (including phenoxy) is 3. The van der Waals surface area contributed by atoms with Crippen LogP contribution in [0.2, 0.25) is 0 Å².